The zero-order valence-electron chi connectivity index (χ0n) is 12.9. The van der Waals surface area contributed by atoms with Crippen LogP contribution >= 0.6 is 0 Å². The van der Waals surface area contributed by atoms with Crippen LogP contribution in [-0.4, -0.2) is 39.9 Å². The molecule has 2 aromatic heterocycles. The first-order valence-corrected chi connectivity index (χ1v) is 7.18. The number of nitrogens with one attached hydrogen (secondary N) is 1. The third-order valence-electron chi connectivity index (χ3n) is 3.99. The Bertz CT molecular complexity index is 719. The first kappa shape index (κ1) is 14.5. The van der Waals surface area contributed by atoms with Crippen LogP contribution in [0, 0.1) is 25.2 Å². The molecule has 114 valence electrons. The first-order valence-electron chi connectivity index (χ1n) is 7.18. The maximum Gasteiger partial charge on any atom is 0.173 e. The van der Waals surface area contributed by atoms with Crippen LogP contribution in [0.25, 0.3) is 0 Å². The molecule has 1 saturated heterocycles. The van der Waals surface area contributed by atoms with Crippen LogP contribution in [0.3, 0.4) is 0 Å². The normalized spacial score (nSPS) is 21.1. The van der Waals surface area contributed by atoms with E-state index in [1.54, 1.807) is 7.11 Å². The third kappa shape index (κ3) is 2.53. The van der Waals surface area contributed by atoms with Crippen molar-refractivity contribution in [3.8, 4) is 6.07 Å². The molecule has 0 aliphatic carbocycles. The molecule has 3 rings (SSSR count). The molecule has 1 N–H and O–H groups in total. The van der Waals surface area contributed by atoms with Gasteiger partial charge >= 0.3 is 0 Å². The van der Waals surface area contributed by atoms with Crippen LogP contribution in [0.4, 0.5) is 5.82 Å². The van der Waals surface area contributed by atoms with Gasteiger partial charge in [0.1, 0.15) is 23.4 Å². The fourth-order valence-corrected chi connectivity index (χ4v) is 2.77. The summed E-state index contributed by atoms with van der Waals surface area (Å²) in [4.78, 5) is 11.0. The van der Waals surface area contributed by atoms with Crippen molar-refractivity contribution in [2.75, 3.05) is 18.6 Å². The van der Waals surface area contributed by atoms with Gasteiger partial charge in [-0.1, -0.05) is 6.07 Å². The summed E-state index contributed by atoms with van der Waals surface area (Å²) in [5.41, 5.74) is 1.32. The van der Waals surface area contributed by atoms with E-state index in [4.69, 9.17) is 4.74 Å². The van der Waals surface area contributed by atoms with E-state index in [-0.39, 0.29) is 12.1 Å². The maximum atomic E-state index is 9.18. The lowest BCUT2D eigenvalue weighted by Crippen LogP contribution is -2.26. The van der Waals surface area contributed by atoms with E-state index in [9.17, 15) is 5.26 Å². The highest BCUT2D eigenvalue weighted by atomic mass is 16.5. The summed E-state index contributed by atoms with van der Waals surface area (Å²) in [5.74, 6) is 2.28. The minimum atomic E-state index is -0.00310. The Morgan fingerprint density at radius 2 is 2.18 bits per heavy atom. The number of ether oxygens (including phenoxy) is 1. The average molecular weight is 298 g/mol. The van der Waals surface area contributed by atoms with Gasteiger partial charge < -0.3 is 9.64 Å². The van der Waals surface area contributed by atoms with Crippen LogP contribution in [0.2, 0.25) is 0 Å². The van der Waals surface area contributed by atoms with E-state index < -0.39 is 0 Å². The minimum Gasteiger partial charge on any atom is -0.380 e. The summed E-state index contributed by atoms with van der Waals surface area (Å²) in [6, 6.07) is 5.98. The van der Waals surface area contributed by atoms with Crippen molar-refractivity contribution < 1.29 is 4.74 Å². The topological polar surface area (TPSA) is 90.7 Å². The number of H-pyrrole nitrogens is 1. The highest BCUT2D eigenvalue weighted by molar-refractivity contribution is 5.47. The van der Waals surface area contributed by atoms with E-state index in [2.05, 4.69) is 31.1 Å². The van der Waals surface area contributed by atoms with Gasteiger partial charge in [0.2, 0.25) is 0 Å². The molecular formula is C15H18N6O. The number of hydrogen-bond donors (Lipinski definition) is 1. The number of rotatable bonds is 3. The second-order valence-corrected chi connectivity index (χ2v) is 5.49. The van der Waals surface area contributed by atoms with Crippen LogP contribution in [0.15, 0.2) is 12.1 Å². The van der Waals surface area contributed by atoms with Gasteiger partial charge in [-0.05, 0) is 25.5 Å². The molecule has 0 unspecified atom stereocenters. The lowest BCUT2D eigenvalue weighted by molar-refractivity contribution is 0.118. The van der Waals surface area contributed by atoms with Gasteiger partial charge in [0.05, 0.1) is 12.1 Å². The van der Waals surface area contributed by atoms with Crippen molar-refractivity contribution in [2.24, 2.45) is 0 Å². The zero-order chi connectivity index (χ0) is 15.7. The maximum absolute atomic E-state index is 9.18. The van der Waals surface area contributed by atoms with E-state index in [0.717, 1.165) is 29.5 Å². The molecular weight excluding hydrogens is 280 g/mol. The summed E-state index contributed by atoms with van der Waals surface area (Å²) in [7, 11) is 1.71. The number of aromatic amines is 1. The van der Waals surface area contributed by atoms with Gasteiger partial charge in [-0.3, -0.25) is 5.10 Å². The van der Waals surface area contributed by atoms with Gasteiger partial charge in [0.25, 0.3) is 0 Å². The van der Waals surface area contributed by atoms with Crippen molar-refractivity contribution in [3.63, 3.8) is 0 Å². The molecule has 0 aromatic carbocycles. The smallest absolute Gasteiger partial charge is 0.173 e. The monoisotopic (exact) mass is 298 g/mol. The van der Waals surface area contributed by atoms with Crippen LogP contribution in [-0.2, 0) is 4.74 Å². The summed E-state index contributed by atoms with van der Waals surface area (Å²) in [5, 5.41) is 16.3. The molecule has 22 heavy (non-hydrogen) atoms. The minimum absolute atomic E-state index is 0.00310. The predicted octanol–water partition coefficient (Wildman–Crippen LogP) is 1.65. The number of aryl methyl sites for hydroxylation is 2. The van der Waals surface area contributed by atoms with E-state index >= 15 is 0 Å². The lowest BCUT2D eigenvalue weighted by atomic mass is 10.2. The van der Waals surface area contributed by atoms with Gasteiger partial charge in [-0.25, -0.2) is 9.97 Å². The number of methoxy groups -OCH3 is 1. The first-order chi connectivity index (χ1) is 10.6. The number of nitrogens with zero attached hydrogens (tertiary/aromatic N) is 5. The highest BCUT2D eigenvalue weighted by Gasteiger charge is 2.36. The molecule has 1 aliphatic heterocycles. The fourth-order valence-electron chi connectivity index (χ4n) is 2.77. The number of hydrogen-bond acceptors (Lipinski definition) is 6. The van der Waals surface area contributed by atoms with Crippen LogP contribution < -0.4 is 4.90 Å². The number of pyridine rings is 1. The zero-order valence-corrected chi connectivity index (χ0v) is 12.9. The summed E-state index contributed by atoms with van der Waals surface area (Å²) in [6.07, 6.45) is 0.892. The quantitative estimate of drug-likeness (QED) is 0.926. The van der Waals surface area contributed by atoms with Crippen LogP contribution in [0.1, 0.15) is 35.4 Å². The van der Waals surface area contributed by atoms with E-state index in [0.29, 0.717) is 12.2 Å². The van der Waals surface area contributed by atoms with Gasteiger partial charge in [0, 0.05) is 20.1 Å². The van der Waals surface area contributed by atoms with Crippen molar-refractivity contribution in [1.82, 2.24) is 20.2 Å². The molecule has 0 bridgehead atoms. The third-order valence-corrected chi connectivity index (χ3v) is 3.99. The molecule has 3 heterocycles. The second kappa shape index (κ2) is 5.73. The fraction of sp³-hybridized carbons (Fsp3) is 0.467. The molecule has 0 spiro atoms. The average Bonchev–Trinajstić information content (AvgIpc) is 3.13. The van der Waals surface area contributed by atoms with Crippen molar-refractivity contribution >= 4 is 5.82 Å². The predicted molar refractivity (Wildman–Crippen MR) is 80.3 cm³/mol. The van der Waals surface area contributed by atoms with Gasteiger partial charge in [0.15, 0.2) is 5.82 Å². The molecule has 7 nitrogen and oxygen atoms in total. The summed E-state index contributed by atoms with van der Waals surface area (Å²) in [6.45, 7) is 4.46. The lowest BCUT2D eigenvalue weighted by Gasteiger charge is -2.23. The Balaban J connectivity index is 1.97. The Morgan fingerprint density at radius 3 is 2.82 bits per heavy atom. The number of nitriles is 1. The van der Waals surface area contributed by atoms with Crippen molar-refractivity contribution in [3.05, 3.63) is 35.0 Å². The largest absolute Gasteiger partial charge is 0.380 e. The summed E-state index contributed by atoms with van der Waals surface area (Å²) < 4.78 is 5.50. The molecule has 1 fully saturated rings. The molecule has 1 aliphatic rings. The summed E-state index contributed by atoms with van der Waals surface area (Å²) >= 11 is 0. The Kier molecular flexibility index (Phi) is 3.77. The standard InChI is InChI=1S/C15H18N6O/c1-9-4-5-14(18-12(9)7-16)21-8-11(22-3)6-13(21)15-17-10(2)19-20-15/h4-5,11,13H,6,8H2,1-3H3,(H,17,19,20)/t11-,13+/m1/s1. The second-order valence-electron chi connectivity index (χ2n) is 5.49. The van der Waals surface area contributed by atoms with E-state index in [1.807, 2.05) is 26.0 Å². The van der Waals surface area contributed by atoms with Crippen molar-refractivity contribution in [2.45, 2.75) is 32.4 Å². The van der Waals surface area contributed by atoms with Crippen LogP contribution in [0.5, 0.6) is 0 Å². The molecule has 0 saturated carbocycles. The highest BCUT2D eigenvalue weighted by Crippen LogP contribution is 2.35. The molecule has 0 radical (unpaired) electrons. The Hall–Kier alpha value is -2.46. The van der Waals surface area contributed by atoms with E-state index in [1.165, 1.54) is 0 Å². The van der Waals surface area contributed by atoms with Gasteiger partial charge in [-0.2, -0.15) is 10.4 Å². The molecule has 2 atom stereocenters. The Morgan fingerprint density at radius 1 is 1.36 bits per heavy atom. The SMILES string of the molecule is CO[C@@H]1C[C@@H](c2n[nH]c(C)n2)N(c2ccc(C)c(C#N)n2)C1. The molecule has 0 amide bonds. The molecule has 2 aromatic rings. The van der Waals surface area contributed by atoms with Crippen molar-refractivity contribution in [1.29, 1.82) is 5.26 Å². The Labute approximate surface area is 129 Å². The molecule has 7 heteroatoms. The number of aromatic nitrogens is 4. The van der Waals surface area contributed by atoms with Gasteiger partial charge in [-0.15, -0.1) is 0 Å². The number of anilines is 1.